The summed E-state index contributed by atoms with van der Waals surface area (Å²) in [4.78, 5) is 2.17. The molecule has 0 spiro atoms. The Morgan fingerprint density at radius 2 is 2.05 bits per heavy atom. The molecule has 1 saturated heterocycles. The van der Waals surface area contributed by atoms with Gasteiger partial charge in [0.15, 0.2) is 9.84 Å². The van der Waals surface area contributed by atoms with Crippen LogP contribution in [0.2, 0.25) is 0 Å². The van der Waals surface area contributed by atoms with Crippen LogP contribution in [-0.2, 0) is 9.84 Å². The maximum absolute atomic E-state index is 12.2. The Morgan fingerprint density at radius 3 is 2.63 bits per heavy atom. The number of thioether (sulfide) groups is 1. The van der Waals surface area contributed by atoms with Crippen molar-refractivity contribution in [2.45, 2.75) is 33.1 Å². The van der Waals surface area contributed by atoms with E-state index in [1.54, 1.807) is 18.7 Å². The Morgan fingerprint density at radius 1 is 1.37 bits per heavy atom. The lowest BCUT2D eigenvalue weighted by molar-refractivity contribution is 0.171. The maximum Gasteiger partial charge on any atom is 0.166 e. The summed E-state index contributed by atoms with van der Waals surface area (Å²) in [5, 5.41) is 3.07. The smallest absolute Gasteiger partial charge is 0.166 e. The van der Waals surface area contributed by atoms with Gasteiger partial charge in [0.05, 0.1) is 0 Å². The van der Waals surface area contributed by atoms with Crippen LogP contribution in [0.15, 0.2) is 0 Å². The monoisotopic (exact) mass is 308 g/mol. The first-order valence-electron chi connectivity index (χ1n) is 7.06. The van der Waals surface area contributed by atoms with Crippen molar-refractivity contribution in [3.8, 4) is 0 Å². The minimum Gasteiger partial charge on any atom is -0.316 e. The Bertz CT molecular complexity index is 369. The van der Waals surface area contributed by atoms with Crippen LogP contribution in [0.25, 0.3) is 0 Å². The number of hydrogen-bond donors (Lipinski definition) is 1. The van der Waals surface area contributed by atoms with Crippen molar-refractivity contribution in [1.82, 2.24) is 10.2 Å². The van der Waals surface area contributed by atoms with Crippen LogP contribution in [0, 0.1) is 5.41 Å². The molecule has 1 atom stereocenters. The van der Waals surface area contributed by atoms with E-state index in [2.05, 4.69) is 31.0 Å². The molecule has 1 N–H and O–H groups in total. The summed E-state index contributed by atoms with van der Waals surface area (Å²) < 4.78 is 24.4. The standard InChI is InChI=1S/C13H28N2O2S2/c1-5-14-10-13(3,4)11-15-7-8-18-9-12(15)19(16,17)6-2/h12,14H,5-11H2,1-4H3. The molecule has 1 unspecified atom stereocenters. The van der Waals surface area contributed by atoms with Crippen molar-refractivity contribution in [1.29, 1.82) is 0 Å². The first-order chi connectivity index (χ1) is 8.82. The number of nitrogens with zero attached hydrogens (tertiary/aromatic N) is 1. The van der Waals surface area contributed by atoms with Crippen LogP contribution in [0.4, 0.5) is 0 Å². The molecule has 0 aromatic heterocycles. The zero-order valence-electron chi connectivity index (χ0n) is 12.6. The molecule has 1 rings (SSSR count). The van der Waals surface area contributed by atoms with Gasteiger partial charge in [-0.05, 0) is 12.0 Å². The number of sulfone groups is 1. The predicted molar refractivity (Wildman–Crippen MR) is 84.5 cm³/mol. The molecule has 4 nitrogen and oxygen atoms in total. The highest BCUT2D eigenvalue weighted by Gasteiger charge is 2.35. The van der Waals surface area contributed by atoms with Crippen molar-refractivity contribution >= 4 is 21.6 Å². The van der Waals surface area contributed by atoms with E-state index in [1.807, 2.05) is 0 Å². The van der Waals surface area contributed by atoms with Gasteiger partial charge < -0.3 is 5.32 Å². The second kappa shape index (κ2) is 7.29. The fraction of sp³-hybridized carbons (Fsp3) is 1.00. The van der Waals surface area contributed by atoms with Gasteiger partial charge in [0.2, 0.25) is 0 Å². The third-order valence-corrected chi connectivity index (χ3v) is 6.82. The molecule has 1 fully saturated rings. The maximum atomic E-state index is 12.2. The van der Waals surface area contributed by atoms with E-state index in [0.717, 1.165) is 31.9 Å². The molecule has 114 valence electrons. The molecule has 0 amide bonds. The van der Waals surface area contributed by atoms with E-state index in [-0.39, 0.29) is 16.5 Å². The lowest BCUT2D eigenvalue weighted by atomic mass is 9.92. The van der Waals surface area contributed by atoms with Crippen molar-refractivity contribution in [2.24, 2.45) is 5.41 Å². The highest BCUT2D eigenvalue weighted by atomic mass is 32.2. The first kappa shape index (κ1) is 17.3. The fourth-order valence-electron chi connectivity index (χ4n) is 2.39. The van der Waals surface area contributed by atoms with Gasteiger partial charge >= 0.3 is 0 Å². The molecule has 0 saturated carbocycles. The van der Waals surface area contributed by atoms with Crippen LogP contribution in [0.5, 0.6) is 0 Å². The molecular formula is C13H28N2O2S2. The van der Waals surface area contributed by atoms with E-state index < -0.39 is 9.84 Å². The summed E-state index contributed by atoms with van der Waals surface area (Å²) in [6, 6.07) is 0. The quantitative estimate of drug-likeness (QED) is 0.771. The summed E-state index contributed by atoms with van der Waals surface area (Å²) in [6.07, 6.45) is 0. The summed E-state index contributed by atoms with van der Waals surface area (Å²) >= 11 is 1.76. The molecule has 0 radical (unpaired) electrons. The molecule has 0 bridgehead atoms. The molecule has 1 aliphatic heterocycles. The van der Waals surface area contributed by atoms with Crippen molar-refractivity contribution < 1.29 is 8.42 Å². The summed E-state index contributed by atoms with van der Waals surface area (Å²) in [5.41, 5.74) is 0.0968. The van der Waals surface area contributed by atoms with Crippen molar-refractivity contribution in [2.75, 3.05) is 43.4 Å². The van der Waals surface area contributed by atoms with Crippen molar-refractivity contribution in [3.63, 3.8) is 0 Å². The molecular weight excluding hydrogens is 280 g/mol. The summed E-state index contributed by atoms with van der Waals surface area (Å²) in [5.74, 6) is 1.99. The van der Waals surface area contributed by atoms with Crippen LogP contribution < -0.4 is 5.32 Å². The van der Waals surface area contributed by atoms with Gasteiger partial charge in [-0.3, -0.25) is 4.90 Å². The van der Waals surface area contributed by atoms with E-state index in [1.165, 1.54) is 0 Å². The average molecular weight is 309 g/mol. The highest BCUT2D eigenvalue weighted by Crippen LogP contribution is 2.25. The summed E-state index contributed by atoms with van der Waals surface area (Å²) in [6.45, 7) is 11.8. The fourth-order valence-corrected chi connectivity index (χ4v) is 5.47. The zero-order chi connectivity index (χ0) is 14.5. The third-order valence-electron chi connectivity index (χ3n) is 3.49. The molecule has 6 heteroatoms. The van der Waals surface area contributed by atoms with Gasteiger partial charge in [-0.1, -0.05) is 27.7 Å². The normalized spacial score (nSPS) is 22.6. The predicted octanol–water partition coefficient (Wildman–Crippen LogP) is 1.43. The Hall–Kier alpha value is 0.220. The summed E-state index contributed by atoms with van der Waals surface area (Å²) in [7, 11) is -2.98. The Labute approximate surface area is 122 Å². The minimum atomic E-state index is -2.98. The third kappa shape index (κ3) is 5.25. The highest BCUT2D eigenvalue weighted by molar-refractivity contribution is 8.01. The average Bonchev–Trinajstić information content (AvgIpc) is 2.36. The largest absolute Gasteiger partial charge is 0.316 e. The number of nitrogens with one attached hydrogen (secondary N) is 1. The van der Waals surface area contributed by atoms with Crippen LogP contribution in [-0.4, -0.2) is 62.1 Å². The van der Waals surface area contributed by atoms with Gasteiger partial charge in [-0.2, -0.15) is 11.8 Å². The molecule has 1 heterocycles. The Balaban J connectivity index is 2.73. The van der Waals surface area contributed by atoms with Crippen LogP contribution in [0.3, 0.4) is 0 Å². The minimum absolute atomic E-state index is 0.0968. The van der Waals surface area contributed by atoms with Gasteiger partial charge in [0.25, 0.3) is 0 Å². The van der Waals surface area contributed by atoms with E-state index in [4.69, 9.17) is 0 Å². The molecule has 0 aliphatic carbocycles. The van der Waals surface area contributed by atoms with Crippen molar-refractivity contribution in [3.05, 3.63) is 0 Å². The molecule has 0 aromatic rings. The lowest BCUT2D eigenvalue weighted by Crippen LogP contribution is -2.52. The molecule has 0 aromatic carbocycles. The first-order valence-corrected chi connectivity index (χ1v) is 9.93. The van der Waals surface area contributed by atoms with Gasteiger partial charge in [-0.25, -0.2) is 8.42 Å². The number of rotatable bonds is 7. The second-order valence-corrected chi connectivity index (χ2v) is 9.49. The van der Waals surface area contributed by atoms with E-state index in [0.29, 0.717) is 5.75 Å². The second-order valence-electron chi connectivity index (χ2n) is 5.90. The lowest BCUT2D eigenvalue weighted by Gasteiger charge is -2.39. The van der Waals surface area contributed by atoms with Gasteiger partial charge in [0.1, 0.15) is 5.37 Å². The molecule has 19 heavy (non-hydrogen) atoms. The topological polar surface area (TPSA) is 49.4 Å². The SMILES string of the molecule is CCNCC(C)(C)CN1CCSCC1S(=O)(=O)CC. The van der Waals surface area contributed by atoms with Crippen LogP contribution >= 0.6 is 11.8 Å². The van der Waals surface area contributed by atoms with Gasteiger partial charge in [0, 0.05) is 36.9 Å². The van der Waals surface area contributed by atoms with E-state index in [9.17, 15) is 8.42 Å². The van der Waals surface area contributed by atoms with E-state index >= 15 is 0 Å². The zero-order valence-corrected chi connectivity index (χ0v) is 14.2. The molecule has 1 aliphatic rings. The van der Waals surface area contributed by atoms with Crippen LogP contribution in [0.1, 0.15) is 27.7 Å². The Kier molecular flexibility index (Phi) is 6.63. The number of hydrogen-bond acceptors (Lipinski definition) is 5. The van der Waals surface area contributed by atoms with Gasteiger partial charge in [-0.15, -0.1) is 0 Å².